The van der Waals surface area contributed by atoms with Gasteiger partial charge in [0.25, 0.3) is 0 Å². The predicted octanol–water partition coefficient (Wildman–Crippen LogP) is 1.60. The van der Waals surface area contributed by atoms with Crippen molar-refractivity contribution in [3.63, 3.8) is 0 Å². The maximum atomic E-state index is 10.7. The zero-order valence-electron chi connectivity index (χ0n) is 7.50. The number of rotatable bonds is 4. The highest BCUT2D eigenvalue weighted by atomic mass is 16.1. The number of carbonyl (C=O) groups excluding carboxylic acids is 1. The quantitative estimate of drug-likeness (QED) is 0.445. The number of Topliss-reactive ketones (excluding diaryl/α,β-unsaturated/α-hetero) is 1. The molecule has 0 spiro atoms. The van der Waals surface area contributed by atoms with E-state index in [4.69, 9.17) is 0 Å². The molecular weight excluding hydrogens is 138 g/mol. The Morgan fingerprint density at radius 2 is 2.18 bits per heavy atom. The number of allylic oxidation sites excluding steroid dienone is 1. The van der Waals surface area contributed by atoms with Gasteiger partial charge in [0.15, 0.2) is 12.0 Å². The van der Waals surface area contributed by atoms with Crippen LogP contribution < -0.4 is 0 Å². The van der Waals surface area contributed by atoms with Gasteiger partial charge in [0.2, 0.25) is 6.54 Å². The van der Waals surface area contributed by atoms with E-state index < -0.39 is 0 Å². The van der Waals surface area contributed by atoms with E-state index in [1.54, 1.807) is 6.92 Å². The van der Waals surface area contributed by atoms with Crippen LogP contribution in [0.3, 0.4) is 0 Å². The molecule has 0 radical (unpaired) electrons. The van der Waals surface area contributed by atoms with Crippen molar-refractivity contribution in [2.45, 2.75) is 27.2 Å². The third kappa shape index (κ3) is 5.52. The standard InChI is InChI=1S/C9H16NO/c1-4-6-10(7-5-2)8-9(3)11/h4,6-7H,5,8H2,1-3H3/q+1/b6-4-,10-7?. The van der Waals surface area contributed by atoms with Gasteiger partial charge in [-0.25, -0.2) is 4.58 Å². The molecule has 0 rings (SSSR count). The van der Waals surface area contributed by atoms with Crippen LogP contribution in [0, 0.1) is 0 Å². The molecule has 0 aromatic heterocycles. The van der Waals surface area contributed by atoms with Crippen LogP contribution in [-0.4, -0.2) is 23.1 Å². The monoisotopic (exact) mass is 154 g/mol. The molecule has 0 unspecified atom stereocenters. The Labute approximate surface area is 68.2 Å². The van der Waals surface area contributed by atoms with E-state index in [0.717, 1.165) is 6.42 Å². The molecule has 11 heavy (non-hydrogen) atoms. The Morgan fingerprint density at radius 3 is 2.55 bits per heavy atom. The second kappa shape index (κ2) is 5.83. The molecule has 0 aromatic rings. The van der Waals surface area contributed by atoms with Gasteiger partial charge in [0, 0.05) is 13.3 Å². The van der Waals surface area contributed by atoms with E-state index in [-0.39, 0.29) is 5.78 Å². The highest BCUT2D eigenvalue weighted by Gasteiger charge is 2.01. The lowest BCUT2D eigenvalue weighted by Gasteiger charge is -1.91. The van der Waals surface area contributed by atoms with Gasteiger partial charge >= 0.3 is 0 Å². The van der Waals surface area contributed by atoms with Crippen LogP contribution in [0.2, 0.25) is 0 Å². The highest BCUT2D eigenvalue weighted by molar-refractivity contribution is 5.77. The van der Waals surface area contributed by atoms with Gasteiger partial charge in [-0.15, -0.1) is 0 Å². The van der Waals surface area contributed by atoms with Crippen molar-refractivity contribution in [3.8, 4) is 0 Å². The van der Waals surface area contributed by atoms with E-state index in [9.17, 15) is 4.79 Å². The molecule has 0 saturated heterocycles. The zero-order chi connectivity index (χ0) is 8.69. The molecule has 0 N–H and O–H groups in total. The summed E-state index contributed by atoms with van der Waals surface area (Å²) in [6.45, 7) is 6.07. The third-order valence-corrected chi connectivity index (χ3v) is 1.16. The third-order valence-electron chi connectivity index (χ3n) is 1.16. The topological polar surface area (TPSA) is 20.1 Å². The van der Waals surface area contributed by atoms with Crippen LogP contribution in [0.4, 0.5) is 0 Å². The molecule has 0 aliphatic rings. The van der Waals surface area contributed by atoms with E-state index in [2.05, 4.69) is 6.92 Å². The largest absolute Gasteiger partial charge is 0.293 e. The van der Waals surface area contributed by atoms with Gasteiger partial charge in [-0.1, -0.05) is 6.92 Å². The Balaban J connectivity index is 4.11. The number of hydrogen-bond acceptors (Lipinski definition) is 1. The van der Waals surface area contributed by atoms with Crippen molar-refractivity contribution in [3.05, 3.63) is 12.3 Å². The summed E-state index contributed by atoms with van der Waals surface area (Å²) in [7, 11) is 0. The summed E-state index contributed by atoms with van der Waals surface area (Å²) in [6.07, 6.45) is 6.79. The minimum Gasteiger partial charge on any atom is -0.293 e. The second-order valence-electron chi connectivity index (χ2n) is 2.45. The number of hydrogen-bond donors (Lipinski definition) is 0. The first kappa shape index (κ1) is 10.1. The number of ketones is 1. The Kier molecular flexibility index (Phi) is 5.35. The van der Waals surface area contributed by atoms with Crippen molar-refractivity contribution in [1.29, 1.82) is 0 Å². The minimum absolute atomic E-state index is 0.188. The van der Waals surface area contributed by atoms with E-state index in [1.807, 2.05) is 30.0 Å². The van der Waals surface area contributed by atoms with Crippen LogP contribution in [0.1, 0.15) is 27.2 Å². The van der Waals surface area contributed by atoms with Crippen LogP contribution in [-0.2, 0) is 4.79 Å². The van der Waals surface area contributed by atoms with E-state index in [1.165, 1.54) is 0 Å². The van der Waals surface area contributed by atoms with Crippen molar-refractivity contribution >= 4 is 12.0 Å². The maximum absolute atomic E-state index is 10.7. The first-order valence-electron chi connectivity index (χ1n) is 3.92. The van der Waals surface area contributed by atoms with Crippen molar-refractivity contribution in [1.82, 2.24) is 0 Å². The first-order valence-corrected chi connectivity index (χ1v) is 3.92. The van der Waals surface area contributed by atoms with Crippen molar-refractivity contribution in [2.24, 2.45) is 0 Å². The van der Waals surface area contributed by atoms with E-state index in [0.29, 0.717) is 6.54 Å². The van der Waals surface area contributed by atoms with Gasteiger partial charge < -0.3 is 0 Å². The molecular formula is C9H16NO+. The lowest BCUT2D eigenvalue weighted by molar-refractivity contribution is -0.440. The van der Waals surface area contributed by atoms with Gasteiger partial charge in [-0.3, -0.25) is 4.79 Å². The summed E-state index contributed by atoms with van der Waals surface area (Å²) >= 11 is 0. The highest BCUT2D eigenvalue weighted by Crippen LogP contribution is 1.81. The molecule has 0 aliphatic heterocycles. The molecule has 0 bridgehead atoms. The summed E-state index contributed by atoms with van der Waals surface area (Å²) in [5.74, 6) is 0.188. The van der Waals surface area contributed by atoms with Gasteiger partial charge in [0.05, 0.1) is 0 Å². The molecule has 2 nitrogen and oxygen atoms in total. The average Bonchev–Trinajstić information content (AvgIpc) is 1.87. The van der Waals surface area contributed by atoms with Crippen LogP contribution >= 0.6 is 0 Å². The summed E-state index contributed by atoms with van der Waals surface area (Å²) in [4.78, 5) is 10.7. The Hall–Kier alpha value is -0.920. The van der Waals surface area contributed by atoms with E-state index >= 15 is 0 Å². The first-order chi connectivity index (χ1) is 5.20. The summed E-state index contributed by atoms with van der Waals surface area (Å²) < 4.78 is 1.91. The fourth-order valence-corrected chi connectivity index (χ4v) is 0.861. The zero-order valence-corrected chi connectivity index (χ0v) is 7.50. The van der Waals surface area contributed by atoms with Crippen LogP contribution in [0.15, 0.2) is 12.3 Å². The molecule has 0 atom stereocenters. The lowest BCUT2D eigenvalue weighted by Crippen LogP contribution is -2.14. The molecule has 62 valence electrons. The maximum Gasteiger partial charge on any atom is 0.205 e. The van der Waals surface area contributed by atoms with Crippen LogP contribution in [0.25, 0.3) is 0 Å². The molecule has 0 amide bonds. The fourth-order valence-electron chi connectivity index (χ4n) is 0.861. The summed E-state index contributed by atoms with van der Waals surface area (Å²) in [5.41, 5.74) is 0. The van der Waals surface area contributed by atoms with Crippen molar-refractivity contribution < 1.29 is 9.37 Å². The fraction of sp³-hybridized carbons (Fsp3) is 0.556. The molecule has 2 heteroatoms. The molecule has 0 saturated carbocycles. The van der Waals surface area contributed by atoms with Gasteiger partial charge in [-0.2, -0.15) is 0 Å². The number of carbonyl (C=O) groups is 1. The van der Waals surface area contributed by atoms with Crippen LogP contribution in [0.5, 0.6) is 0 Å². The van der Waals surface area contributed by atoms with Crippen molar-refractivity contribution in [2.75, 3.05) is 6.54 Å². The number of nitrogens with zero attached hydrogens (tertiary/aromatic N) is 1. The Morgan fingerprint density at radius 1 is 1.55 bits per heavy atom. The van der Waals surface area contributed by atoms with Gasteiger partial charge in [0.1, 0.15) is 6.21 Å². The minimum atomic E-state index is 0.188. The molecule has 0 aromatic carbocycles. The predicted molar refractivity (Wildman–Crippen MR) is 47.0 cm³/mol. The average molecular weight is 154 g/mol. The molecule has 0 aliphatic carbocycles. The second-order valence-corrected chi connectivity index (χ2v) is 2.45. The lowest BCUT2D eigenvalue weighted by atomic mass is 10.4. The molecule has 0 fully saturated rings. The smallest absolute Gasteiger partial charge is 0.205 e. The normalized spacial score (nSPS) is 12.5. The summed E-state index contributed by atoms with van der Waals surface area (Å²) in [6, 6.07) is 0. The van der Waals surface area contributed by atoms with Gasteiger partial charge in [-0.05, 0) is 13.0 Å². The molecule has 0 heterocycles. The summed E-state index contributed by atoms with van der Waals surface area (Å²) in [5, 5.41) is 0. The Bertz CT molecular complexity index is 180. The SMILES string of the molecule is C/C=C\[N+](=CCC)CC(C)=O.